The molecule has 0 aliphatic carbocycles. The van der Waals surface area contributed by atoms with E-state index in [0.717, 1.165) is 25.9 Å². The van der Waals surface area contributed by atoms with Crippen LogP contribution in [0.1, 0.15) is 36.5 Å². The van der Waals surface area contributed by atoms with Crippen LogP contribution in [0, 0.1) is 0 Å². The maximum absolute atomic E-state index is 12.4. The van der Waals surface area contributed by atoms with Gasteiger partial charge in [0.25, 0.3) is 11.5 Å². The molecule has 1 N–H and O–H groups in total. The second kappa shape index (κ2) is 6.90. The van der Waals surface area contributed by atoms with E-state index in [0.29, 0.717) is 18.1 Å². The first-order valence-electron chi connectivity index (χ1n) is 6.91. The summed E-state index contributed by atoms with van der Waals surface area (Å²) in [4.78, 5) is 28.2. The molecule has 1 aliphatic rings. The lowest BCUT2D eigenvalue weighted by atomic mass is 10.1. The van der Waals surface area contributed by atoms with Crippen LogP contribution in [0.2, 0.25) is 5.02 Å². The molecule has 1 saturated heterocycles. The Morgan fingerprint density at radius 1 is 1.55 bits per heavy atom. The Bertz CT molecular complexity index is 523. The lowest BCUT2D eigenvalue weighted by Crippen LogP contribution is -2.41. The molecule has 0 spiro atoms. The number of aromatic nitrogens is 1. The first-order chi connectivity index (χ1) is 9.61. The van der Waals surface area contributed by atoms with Gasteiger partial charge in [-0.15, -0.1) is 0 Å². The monoisotopic (exact) mass is 298 g/mol. The zero-order valence-corrected chi connectivity index (χ0v) is 12.3. The highest BCUT2D eigenvalue weighted by Gasteiger charge is 2.23. The van der Waals surface area contributed by atoms with Crippen molar-refractivity contribution in [2.75, 3.05) is 19.7 Å². The third-order valence-corrected chi connectivity index (χ3v) is 3.68. The molecule has 2 heterocycles. The Morgan fingerprint density at radius 2 is 2.35 bits per heavy atom. The minimum atomic E-state index is -0.414. The van der Waals surface area contributed by atoms with Gasteiger partial charge in [0.2, 0.25) is 0 Å². The van der Waals surface area contributed by atoms with Gasteiger partial charge >= 0.3 is 0 Å². The van der Waals surface area contributed by atoms with Crippen molar-refractivity contribution in [2.24, 2.45) is 0 Å². The molecule has 110 valence electrons. The number of likely N-dealkylation sites (N-methyl/N-ethyl adjacent to an activating group) is 1. The molecule has 1 aromatic heterocycles. The molecule has 1 fully saturated rings. The summed E-state index contributed by atoms with van der Waals surface area (Å²) >= 11 is 5.84. The number of carbonyl (C=O) groups excluding carboxylic acids is 1. The summed E-state index contributed by atoms with van der Waals surface area (Å²) in [7, 11) is 0. The summed E-state index contributed by atoms with van der Waals surface area (Å²) in [6, 6.07) is 1.41. The summed E-state index contributed by atoms with van der Waals surface area (Å²) in [6.45, 7) is 3.68. The Kier molecular flexibility index (Phi) is 5.20. The van der Waals surface area contributed by atoms with E-state index < -0.39 is 5.56 Å². The van der Waals surface area contributed by atoms with E-state index in [1.54, 1.807) is 4.90 Å². The highest BCUT2D eigenvalue weighted by Crippen LogP contribution is 2.15. The van der Waals surface area contributed by atoms with Gasteiger partial charge in [-0.2, -0.15) is 0 Å². The van der Waals surface area contributed by atoms with Gasteiger partial charge in [-0.1, -0.05) is 11.6 Å². The normalized spacial score (nSPS) is 18.8. The minimum Gasteiger partial charge on any atom is -0.376 e. The number of amides is 1. The molecule has 1 aliphatic heterocycles. The first-order valence-corrected chi connectivity index (χ1v) is 7.28. The van der Waals surface area contributed by atoms with Crippen molar-refractivity contribution in [3.63, 3.8) is 0 Å². The Hall–Kier alpha value is -1.33. The maximum atomic E-state index is 12.4. The molecule has 0 saturated carbocycles. The Labute approximate surface area is 122 Å². The molecular formula is C14H19ClN2O3. The number of nitrogens with one attached hydrogen (secondary N) is 1. The molecule has 1 amide bonds. The second-order valence-electron chi connectivity index (χ2n) is 4.89. The topological polar surface area (TPSA) is 62.4 Å². The summed E-state index contributed by atoms with van der Waals surface area (Å²) in [5, 5.41) is 0.345. The zero-order valence-electron chi connectivity index (χ0n) is 11.5. The lowest BCUT2D eigenvalue weighted by molar-refractivity contribution is -0.00315. The van der Waals surface area contributed by atoms with E-state index in [1.165, 1.54) is 12.3 Å². The number of hydrogen-bond acceptors (Lipinski definition) is 3. The van der Waals surface area contributed by atoms with Gasteiger partial charge < -0.3 is 14.6 Å². The second-order valence-corrected chi connectivity index (χ2v) is 5.33. The number of halogens is 1. The first kappa shape index (κ1) is 15.1. The van der Waals surface area contributed by atoms with Crippen LogP contribution in [0.5, 0.6) is 0 Å². The van der Waals surface area contributed by atoms with E-state index in [2.05, 4.69) is 4.98 Å². The molecule has 2 rings (SSSR count). The van der Waals surface area contributed by atoms with Crippen LogP contribution in [0.3, 0.4) is 0 Å². The number of hydrogen-bond donors (Lipinski definition) is 1. The average Bonchev–Trinajstić information content (AvgIpc) is 2.47. The Balaban J connectivity index is 2.11. The van der Waals surface area contributed by atoms with Crippen molar-refractivity contribution in [3.8, 4) is 0 Å². The molecule has 0 bridgehead atoms. The fraction of sp³-hybridized carbons (Fsp3) is 0.571. The molecule has 6 heteroatoms. The molecule has 20 heavy (non-hydrogen) atoms. The fourth-order valence-corrected chi connectivity index (χ4v) is 2.50. The lowest BCUT2D eigenvalue weighted by Gasteiger charge is -2.29. The van der Waals surface area contributed by atoms with E-state index in [-0.39, 0.29) is 17.6 Å². The number of aromatic amines is 1. The number of nitrogens with zero attached hydrogens (tertiary/aromatic N) is 1. The highest BCUT2D eigenvalue weighted by molar-refractivity contribution is 6.30. The number of carbonyl (C=O) groups is 1. The number of rotatable bonds is 4. The van der Waals surface area contributed by atoms with Crippen LogP contribution in [-0.2, 0) is 4.74 Å². The third-order valence-electron chi connectivity index (χ3n) is 3.47. The molecular weight excluding hydrogens is 280 g/mol. The average molecular weight is 299 g/mol. The van der Waals surface area contributed by atoms with Crippen LogP contribution < -0.4 is 5.56 Å². The van der Waals surface area contributed by atoms with Gasteiger partial charge in [0.1, 0.15) is 5.56 Å². The molecule has 1 aromatic rings. The van der Waals surface area contributed by atoms with Crippen molar-refractivity contribution in [2.45, 2.75) is 32.3 Å². The summed E-state index contributed by atoms with van der Waals surface area (Å²) in [6.07, 6.45) is 4.58. The van der Waals surface area contributed by atoms with Gasteiger partial charge in [0.15, 0.2) is 0 Å². The van der Waals surface area contributed by atoms with Crippen molar-refractivity contribution in [1.82, 2.24) is 9.88 Å². The SMILES string of the molecule is CCN(C[C@H]1CCCCO1)C(=O)c1cc(Cl)c[nH]c1=O. The third kappa shape index (κ3) is 3.61. The van der Waals surface area contributed by atoms with Crippen molar-refractivity contribution in [1.29, 1.82) is 0 Å². The highest BCUT2D eigenvalue weighted by atomic mass is 35.5. The summed E-state index contributed by atoms with van der Waals surface area (Å²) < 4.78 is 5.64. The number of ether oxygens (including phenoxy) is 1. The number of pyridine rings is 1. The smallest absolute Gasteiger partial charge is 0.260 e. The molecule has 5 nitrogen and oxygen atoms in total. The maximum Gasteiger partial charge on any atom is 0.260 e. The number of H-pyrrole nitrogens is 1. The van der Waals surface area contributed by atoms with Crippen LogP contribution in [0.25, 0.3) is 0 Å². The van der Waals surface area contributed by atoms with Crippen LogP contribution in [0.4, 0.5) is 0 Å². The van der Waals surface area contributed by atoms with E-state index in [9.17, 15) is 9.59 Å². The predicted octanol–water partition coefficient (Wildman–Crippen LogP) is 2.06. The van der Waals surface area contributed by atoms with Gasteiger partial charge in [0, 0.05) is 25.9 Å². The predicted molar refractivity (Wildman–Crippen MR) is 77.2 cm³/mol. The summed E-state index contributed by atoms with van der Waals surface area (Å²) in [5.41, 5.74) is -0.336. The Morgan fingerprint density at radius 3 is 3.00 bits per heavy atom. The van der Waals surface area contributed by atoms with Gasteiger partial charge in [0.05, 0.1) is 11.1 Å². The van der Waals surface area contributed by atoms with E-state index in [4.69, 9.17) is 16.3 Å². The molecule has 1 atom stereocenters. The standard InChI is InChI=1S/C14H19ClN2O3/c1-2-17(9-11-5-3-4-6-20-11)14(19)12-7-10(15)8-16-13(12)18/h7-8,11H,2-6,9H2,1H3,(H,16,18)/t11-/m1/s1. The van der Waals surface area contributed by atoms with Crippen molar-refractivity contribution >= 4 is 17.5 Å². The largest absolute Gasteiger partial charge is 0.376 e. The fourth-order valence-electron chi connectivity index (χ4n) is 2.34. The van der Waals surface area contributed by atoms with Gasteiger partial charge in [-0.3, -0.25) is 9.59 Å². The van der Waals surface area contributed by atoms with E-state index in [1.807, 2.05) is 6.92 Å². The van der Waals surface area contributed by atoms with Crippen molar-refractivity contribution < 1.29 is 9.53 Å². The van der Waals surface area contributed by atoms with Gasteiger partial charge in [-0.05, 0) is 32.3 Å². The van der Waals surface area contributed by atoms with Crippen LogP contribution >= 0.6 is 11.6 Å². The zero-order chi connectivity index (χ0) is 14.5. The van der Waals surface area contributed by atoms with Crippen LogP contribution in [0.15, 0.2) is 17.1 Å². The minimum absolute atomic E-state index is 0.0610. The van der Waals surface area contributed by atoms with Crippen LogP contribution in [-0.4, -0.2) is 41.6 Å². The molecule has 0 aromatic carbocycles. The molecule has 0 unspecified atom stereocenters. The van der Waals surface area contributed by atoms with Gasteiger partial charge in [-0.25, -0.2) is 0 Å². The molecule has 0 radical (unpaired) electrons. The van der Waals surface area contributed by atoms with Crippen molar-refractivity contribution in [3.05, 3.63) is 33.2 Å². The summed E-state index contributed by atoms with van der Waals surface area (Å²) in [5.74, 6) is -0.301. The quantitative estimate of drug-likeness (QED) is 0.925. The van der Waals surface area contributed by atoms with E-state index >= 15 is 0 Å².